The predicted molar refractivity (Wildman–Crippen MR) is 105 cm³/mol. The molecule has 0 amide bonds. The predicted octanol–water partition coefficient (Wildman–Crippen LogP) is 7.00. The summed E-state index contributed by atoms with van der Waals surface area (Å²) in [5.74, 6) is 0. The molecule has 0 radical (unpaired) electrons. The minimum atomic E-state index is 0.610. The number of hydrogen-bond donors (Lipinski definition) is 0. The lowest BCUT2D eigenvalue weighted by Gasteiger charge is -2.09. The van der Waals surface area contributed by atoms with Gasteiger partial charge in [0.25, 0.3) is 0 Å². The molecule has 0 saturated carbocycles. The summed E-state index contributed by atoms with van der Waals surface area (Å²) in [5, 5.41) is 1.06. The van der Waals surface area contributed by atoms with E-state index in [1.807, 2.05) is 0 Å². The van der Waals surface area contributed by atoms with Gasteiger partial charge >= 0.3 is 0 Å². The zero-order chi connectivity index (χ0) is 16.6. The topological polar surface area (TPSA) is 3.88 Å². The fraction of sp³-hybridized carbons (Fsp3) is 0.762. The molecule has 0 aliphatic rings. The van der Waals surface area contributed by atoms with E-state index in [9.17, 15) is 0 Å². The largest absolute Gasteiger partial charge is 0.202 e. The Balaban J connectivity index is 1.91. The van der Waals surface area contributed by atoms with Gasteiger partial charge in [0.2, 0.25) is 0 Å². The maximum atomic E-state index is 3.67. The van der Waals surface area contributed by atoms with E-state index in [1.165, 1.54) is 83.5 Å². The highest BCUT2D eigenvalue weighted by Crippen LogP contribution is 2.15. The lowest BCUT2D eigenvalue weighted by molar-refractivity contribution is -0.719. The summed E-state index contributed by atoms with van der Waals surface area (Å²) < 4.78 is 2.34. The van der Waals surface area contributed by atoms with E-state index >= 15 is 0 Å². The Morgan fingerprint density at radius 2 is 1.17 bits per heavy atom. The second-order valence-corrected chi connectivity index (χ2v) is 7.46. The molecule has 132 valence electrons. The van der Waals surface area contributed by atoms with Gasteiger partial charge in [-0.05, 0) is 6.42 Å². The first kappa shape index (κ1) is 20.7. The molecule has 1 nitrogen and oxygen atoms in total. The van der Waals surface area contributed by atoms with Crippen LogP contribution >= 0.6 is 15.9 Å². The standard InChI is InChI=1S/C21H37BrN/c1-2-3-4-5-6-7-8-9-10-11-12-14-17-21(20-22)23-18-15-13-16-19-23/h13,15-16,18-19,21H,2-12,14,17,20H2,1H3/q+1/t21-/m1/s1. The first-order valence-corrected chi connectivity index (χ1v) is 11.0. The summed E-state index contributed by atoms with van der Waals surface area (Å²) in [6, 6.07) is 6.95. The minimum Gasteiger partial charge on any atom is -0.202 e. The van der Waals surface area contributed by atoms with E-state index in [-0.39, 0.29) is 0 Å². The smallest absolute Gasteiger partial charge is 0.169 e. The van der Waals surface area contributed by atoms with Crippen molar-refractivity contribution in [2.45, 2.75) is 96.4 Å². The van der Waals surface area contributed by atoms with E-state index in [2.05, 4.69) is 58.0 Å². The van der Waals surface area contributed by atoms with Crippen LogP contribution in [0, 0.1) is 0 Å². The molecular formula is C21H37BrN+. The highest BCUT2D eigenvalue weighted by molar-refractivity contribution is 9.09. The van der Waals surface area contributed by atoms with Gasteiger partial charge in [0.1, 0.15) is 0 Å². The Morgan fingerprint density at radius 1 is 0.696 bits per heavy atom. The first-order valence-electron chi connectivity index (χ1n) is 9.90. The zero-order valence-electron chi connectivity index (χ0n) is 15.2. The molecule has 0 saturated heterocycles. The quantitative estimate of drug-likeness (QED) is 0.174. The van der Waals surface area contributed by atoms with Crippen LogP contribution in [0.15, 0.2) is 30.6 Å². The minimum absolute atomic E-state index is 0.610. The van der Waals surface area contributed by atoms with E-state index in [0.717, 1.165) is 5.33 Å². The molecule has 1 atom stereocenters. The molecule has 0 N–H and O–H groups in total. The third-order valence-electron chi connectivity index (χ3n) is 4.73. The lowest BCUT2D eigenvalue weighted by atomic mass is 10.0. The van der Waals surface area contributed by atoms with Crippen LogP contribution in [0.4, 0.5) is 0 Å². The van der Waals surface area contributed by atoms with Gasteiger partial charge in [-0.2, -0.15) is 0 Å². The van der Waals surface area contributed by atoms with Crippen LogP contribution in [-0.2, 0) is 0 Å². The SMILES string of the molecule is CCCCCCCCCCCCCC[C@H](CBr)[n+]1ccccc1. The zero-order valence-corrected chi connectivity index (χ0v) is 16.8. The first-order chi connectivity index (χ1) is 11.4. The number of rotatable bonds is 15. The summed E-state index contributed by atoms with van der Waals surface area (Å²) in [4.78, 5) is 0. The van der Waals surface area contributed by atoms with Crippen LogP contribution in [0.1, 0.15) is 96.4 Å². The second kappa shape index (κ2) is 15.2. The Bertz CT molecular complexity index is 352. The van der Waals surface area contributed by atoms with Gasteiger partial charge in [-0.15, -0.1) is 0 Å². The number of alkyl halides is 1. The Morgan fingerprint density at radius 3 is 1.65 bits per heavy atom. The number of unbranched alkanes of at least 4 members (excludes halogenated alkanes) is 11. The lowest BCUT2D eigenvalue weighted by Crippen LogP contribution is -2.39. The van der Waals surface area contributed by atoms with Crippen molar-refractivity contribution in [3.63, 3.8) is 0 Å². The average Bonchev–Trinajstić information content (AvgIpc) is 2.60. The van der Waals surface area contributed by atoms with Crippen molar-refractivity contribution in [2.75, 3.05) is 5.33 Å². The molecule has 0 aromatic carbocycles. The monoisotopic (exact) mass is 382 g/mol. The van der Waals surface area contributed by atoms with Gasteiger partial charge < -0.3 is 0 Å². The van der Waals surface area contributed by atoms with Gasteiger partial charge in [-0.25, -0.2) is 4.57 Å². The molecule has 1 aromatic heterocycles. The Kier molecular flexibility index (Phi) is 13.6. The summed E-state index contributed by atoms with van der Waals surface area (Å²) >= 11 is 3.67. The highest BCUT2D eigenvalue weighted by atomic mass is 79.9. The molecule has 0 aliphatic heterocycles. The van der Waals surface area contributed by atoms with Crippen LogP contribution in [0.2, 0.25) is 0 Å². The van der Waals surface area contributed by atoms with E-state index < -0.39 is 0 Å². The van der Waals surface area contributed by atoms with E-state index in [1.54, 1.807) is 0 Å². The Labute approximate surface area is 153 Å². The van der Waals surface area contributed by atoms with Crippen molar-refractivity contribution in [1.82, 2.24) is 0 Å². The summed E-state index contributed by atoms with van der Waals surface area (Å²) in [6.45, 7) is 2.29. The normalized spacial score (nSPS) is 12.4. The van der Waals surface area contributed by atoms with E-state index in [4.69, 9.17) is 0 Å². The molecule has 1 heterocycles. The van der Waals surface area contributed by atoms with Crippen LogP contribution in [0.5, 0.6) is 0 Å². The van der Waals surface area contributed by atoms with Crippen LogP contribution < -0.4 is 4.57 Å². The molecule has 0 spiro atoms. The van der Waals surface area contributed by atoms with Crippen molar-refractivity contribution in [3.05, 3.63) is 30.6 Å². The van der Waals surface area contributed by atoms with Crippen molar-refractivity contribution in [2.24, 2.45) is 0 Å². The fourth-order valence-electron chi connectivity index (χ4n) is 3.18. The summed E-state index contributed by atoms with van der Waals surface area (Å²) in [5.41, 5.74) is 0. The van der Waals surface area contributed by atoms with Crippen molar-refractivity contribution < 1.29 is 4.57 Å². The summed E-state index contributed by atoms with van der Waals surface area (Å²) in [6.07, 6.45) is 22.8. The van der Waals surface area contributed by atoms with Gasteiger partial charge in [0, 0.05) is 18.6 Å². The van der Waals surface area contributed by atoms with Gasteiger partial charge in [-0.1, -0.05) is 99.5 Å². The van der Waals surface area contributed by atoms with Crippen molar-refractivity contribution in [1.29, 1.82) is 0 Å². The van der Waals surface area contributed by atoms with Gasteiger partial charge in [0.05, 0.1) is 5.33 Å². The van der Waals surface area contributed by atoms with Crippen LogP contribution in [0.3, 0.4) is 0 Å². The number of hydrogen-bond acceptors (Lipinski definition) is 0. The number of aromatic nitrogens is 1. The molecule has 0 bridgehead atoms. The molecule has 23 heavy (non-hydrogen) atoms. The van der Waals surface area contributed by atoms with Crippen LogP contribution in [0.25, 0.3) is 0 Å². The number of halogens is 1. The second-order valence-electron chi connectivity index (χ2n) is 6.81. The van der Waals surface area contributed by atoms with Crippen LogP contribution in [-0.4, -0.2) is 5.33 Å². The van der Waals surface area contributed by atoms with Crippen molar-refractivity contribution >= 4 is 15.9 Å². The molecular weight excluding hydrogens is 346 g/mol. The van der Waals surface area contributed by atoms with E-state index in [0.29, 0.717) is 6.04 Å². The molecule has 0 fully saturated rings. The average molecular weight is 383 g/mol. The van der Waals surface area contributed by atoms with Crippen molar-refractivity contribution in [3.8, 4) is 0 Å². The Hall–Kier alpha value is -0.370. The maximum Gasteiger partial charge on any atom is 0.169 e. The maximum absolute atomic E-state index is 3.67. The molecule has 2 heteroatoms. The fourth-order valence-corrected chi connectivity index (χ4v) is 3.84. The molecule has 0 unspecified atom stereocenters. The highest BCUT2D eigenvalue weighted by Gasteiger charge is 2.15. The van der Waals surface area contributed by atoms with Gasteiger partial charge in [-0.3, -0.25) is 0 Å². The molecule has 0 aliphatic carbocycles. The third-order valence-corrected chi connectivity index (χ3v) is 5.48. The van der Waals surface area contributed by atoms with Gasteiger partial charge in [0.15, 0.2) is 18.4 Å². The molecule has 1 rings (SSSR count). The number of pyridine rings is 1. The number of nitrogens with zero attached hydrogens (tertiary/aromatic N) is 1. The third kappa shape index (κ3) is 10.9. The summed E-state index contributed by atoms with van der Waals surface area (Å²) in [7, 11) is 0. The molecule has 1 aromatic rings.